The van der Waals surface area contributed by atoms with Crippen LogP contribution in [0.3, 0.4) is 0 Å². The first kappa shape index (κ1) is 10.8. The molecule has 0 spiro atoms. The van der Waals surface area contributed by atoms with E-state index in [4.69, 9.17) is 0 Å². The number of H-pyrrole nitrogens is 1. The second-order valence-electron chi connectivity index (χ2n) is 3.38. The fraction of sp³-hybridized carbons (Fsp3) is 0.182. The van der Waals surface area contributed by atoms with Gasteiger partial charge in [-0.25, -0.2) is 13.8 Å². The molecule has 16 heavy (non-hydrogen) atoms. The first-order valence-electron chi connectivity index (χ1n) is 4.85. The van der Waals surface area contributed by atoms with Gasteiger partial charge in [-0.2, -0.15) is 0 Å². The van der Waals surface area contributed by atoms with Crippen molar-refractivity contribution >= 4 is 0 Å². The van der Waals surface area contributed by atoms with Gasteiger partial charge in [0.05, 0.1) is 18.4 Å². The van der Waals surface area contributed by atoms with E-state index < -0.39 is 11.6 Å². The molecule has 0 unspecified atom stereocenters. The van der Waals surface area contributed by atoms with Crippen LogP contribution < -0.4 is 5.32 Å². The highest BCUT2D eigenvalue weighted by Gasteiger charge is 2.11. The number of hydrogen-bond acceptors (Lipinski definition) is 2. The minimum atomic E-state index is -0.859. The highest BCUT2D eigenvalue weighted by molar-refractivity contribution is 5.59. The van der Waals surface area contributed by atoms with Gasteiger partial charge in [0.1, 0.15) is 5.82 Å². The molecule has 5 heteroatoms. The molecule has 0 aliphatic heterocycles. The normalized spacial score (nSPS) is 10.7. The number of hydrogen-bond donors (Lipinski definition) is 2. The predicted molar refractivity (Wildman–Crippen MR) is 56.7 cm³/mol. The molecular formula is C11H11F2N3. The summed E-state index contributed by atoms with van der Waals surface area (Å²) in [6.07, 6.45) is 1.49. The summed E-state index contributed by atoms with van der Waals surface area (Å²) in [5, 5.41) is 2.91. The van der Waals surface area contributed by atoms with E-state index in [9.17, 15) is 8.78 Å². The number of imidazole rings is 1. The van der Waals surface area contributed by atoms with Crippen LogP contribution in [0.15, 0.2) is 24.4 Å². The summed E-state index contributed by atoms with van der Waals surface area (Å²) in [7, 11) is 1.78. The quantitative estimate of drug-likeness (QED) is 0.836. The lowest BCUT2D eigenvalue weighted by molar-refractivity contribution is 0.511. The zero-order valence-corrected chi connectivity index (χ0v) is 8.72. The molecule has 0 saturated carbocycles. The summed E-state index contributed by atoms with van der Waals surface area (Å²) >= 11 is 0. The number of halogens is 2. The van der Waals surface area contributed by atoms with E-state index in [2.05, 4.69) is 15.3 Å². The number of nitrogens with zero attached hydrogens (tertiary/aromatic N) is 1. The van der Waals surface area contributed by atoms with Crippen molar-refractivity contribution in [1.82, 2.24) is 15.3 Å². The van der Waals surface area contributed by atoms with Crippen LogP contribution in [0.1, 0.15) is 5.82 Å². The Morgan fingerprint density at radius 1 is 1.38 bits per heavy atom. The lowest BCUT2D eigenvalue weighted by Crippen LogP contribution is -2.06. The van der Waals surface area contributed by atoms with Crippen LogP contribution in [-0.2, 0) is 6.54 Å². The standard InChI is InChI=1S/C11H11F2N3/c1-14-6-10-15-5-9(16-10)7-3-2-4-8(12)11(7)13/h2-5,14H,6H2,1H3,(H,15,16). The van der Waals surface area contributed by atoms with Crippen LogP contribution in [0.4, 0.5) is 8.78 Å². The second-order valence-corrected chi connectivity index (χ2v) is 3.38. The van der Waals surface area contributed by atoms with E-state index in [0.29, 0.717) is 18.1 Å². The van der Waals surface area contributed by atoms with Gasteiger partial charge in [0.15, 0.2) is 11.6 Å². The maximum Gasteiger partial charge on any atom is 0.168 e. The van der Waals surface area contributed by atoms with Gasteiger partial charge in [0.25, 0.3) is 0 Å². The average molecular weight is 223 g/mol. The van der Waals surface area contributed by atoms with Gasteiger partial charge in [0, 0.05) is 5.56 Å². The summed E-state index contributed by atoms with van der Waals surface area (Å²) in [5.41, 5.74) is 0.664. The molecule has 1 aromatic heterocycles. The van der Waals surface area contributed by atoms with Crippen molar-refractivity contribution in [3.63, 3.8) is 0 Å². The van der Waals surface area contributed by atoms with Crippen LogP contribution in [0.25, 0.3) is 11.3 Å². The van der Waals surface area contributed by atoms with E-state index in [0.717, 1.165) is 6.07 Å². The van der Waals surface area contributed by atoms with Crippen LogP contribution in [0.5, 0.6) is 0 Å². The van der Waals surface area contributed by atoms with Crippen molar-refractivity contribution in [2.75, 3.05) is 7.05 Å². The minimum absolute atomic E-state index is 0.190. The van der Waals surface area contributed by atoms with Crippen LogP contribution >= 0.6 is 0 Å². The first-order chi connectivity index (χ1) is 7.72. The largest absolute Gasteiger partial charge is 0.341 e. The lowest BCUT2D eigenvalue weighted by atomic mass is 10.1. The van der Waals surface area contributed by atoms with Crippen LogP contribution in [0.2, 0.25) is 0 Å². The van der Waals surface area contributed by atoms with Crippen molar-refractivity contribution < 1.29 is 8.78 Å². The smallest absolute Gasteiger partial charge is 0.168 e. The Bertz CT molecular complexity index is 494. The molecule has 1 aromatic carbocycles. The van der Waals surface area contributed by atoms with Gasteiger partial charge in [-0.3, -0.25) is 0 Å². The lowest BCUT2D eigenvalue weighted by Gasteiger charge is -2.00. The van der Waals surface area contributed by atoms with Crippen molar-refractivity contribution in [3.8, 4) is 11.3 Å². The molecule has 2 aromatic rings. The van der Waals surface area contributed by atoms with Gasteiger partial charge in [-0.15, -0.1) is 0 Å². The molecule has 2 rings (SSSR count). The average Bonchev–Trinajstić information content (AvgIpc) is 2.71. The Morgan fingerprint density at radius 3 is 2.94 bits per heavy atom. The number of rotatable bonds is 3. The Labute approximate surface area is 91.5 Å². The maximum absolute atomic E-state index is 13.4. The number of aromatic amines is 1. The summed E-state index contributed by atoms with van der Waals surface area (Å²) in [5.74, 6) is -1.04. The Morgan fingerprint density at radius 2 is 2.19 bits per heavy atom. The Balaban J connectivity index is 2.39. The molecule has 0 saturated heterocycles. The van der Waals surface area contributed by atoms with Crippen molar-refractivity contribution in [3.05, 3.63) is 41.9 Å². The molecular weight excluding hydrogens is 212 g/mol. The third-order valence-electron chi connectivity index (χ3n) is 2.21. The molecule has 0 fully saturated rings. The molecule has 84 valence electrons. The Hall–Kier alpha value is -1.75. The van der Waals surface area contributed by atoms with Crippen LogP contribution in [0, 0.1) is 11.6 Å². The molecule has 0 amide bonds. The summed E-state index contributed by atoms with van der Waals surface area (Å²) in [6, 6.07) is 4.06. The second kappa shape index (κ2) is 4.40. The van der Waals surface area contributed by atoms with E-state index in [1.165, 1.54) is 18.3 Å². The van der Waals surface area contributed by atoms with Gasteiger partial charge in [-0.05, 0) is 19.2 Å². The maximum atomic E-state index is 13.4. The van der Waals surface area contributed by atoms with E-state index in [1.54, 1.807) is 7.05 Å². The Kier molecular flexibility index (Phi) is 2.96. The molecule has 1 heterocycles. The monoisotopic (exact) mass is 223 g/mol. The van der Waals surface area contributed by atoms with Crippen molar-refractivity contribution in [2.45, 2.75) is 6.54 Å². The third-order valence-corrected chi connectivity index (χ3v) is 2.21. The third kappa shape index (κ3) is 1.94. The topological polar surface area (TPSA) is 40.7 Å². The first-order valence-corrected chi connectivity index (χ1v) is 4.85. The van der Waals surface area contributed by atoms with Gasteiger partial charge >= 0.3 is 0 Å². The van der Waals surface area contributed by atoms with Crippen LogP contribution in [-0.4, -0.2) is 17.0 Å². The van der Waals surface area contributed by atoms with E-state index in [-0.39, 0.29) is 5.56 Å². The molecule has 0 aliphatic carbocycles. The zero-order chi connectivity index (χ0) is 11.5. The molecule has 2 N–H and O–H groups in total. The predicted octanol–water partition coefficient (Wildman–Crippen LogP) is 2.07. The van der Waals surface area contributed by atoms with E-state index >= 15 is 0 Å². The van der Waals surface area contributed by atoms with Gasteiger partial charge < -0.3 is 10.3 Å². The molecule has 0 aliphatic rings. The molecule has 3 nitrogen and oxygen atoms in total. The summed E-state index contributed by atoms with van der Waals surface area (Å²) in [4.78, 5) is 6.96. The van der Waals surface area contributed by atoms with Gasteiger partial charge in [-0.1, -0.05) is 6.07 Å². The summed E-state index contributed by atoms with van der Waals surface area (Å²) in [6.45, 7) is 0.553. The molecule has 0 atom stereocenters. The fourth-order valence-corrected chi connectivity index (χ4v) is 1.47. The number of aromatic nitrogens is 2. The van der Waals surface area contributed by atoms with Crippen molar-refractivity contribution in [1.29, 1.82) is 0 Å². The number of nitrogens with one attached hydrogen (secondary N) is 2. The van der Waals surface area contributed by atoms with E-state index in [1.807, 2.05) is 0 Å². The highest BCUT2D eigenvalue weighted by Crippen LogP contribution is 2.22. The molecule has 0 bridgehead atoms. The summed E-state index contributed by atoms with van der Waals surface area (Å²) < 4.78 is 26.4. The minimum Gasteiger partial charge on any atom is -0.341 e. The molecule has 0 radical (unpaired) electrons. The zero-order valence-electron chi connectivity index (χ0n) is 8.72. The fourth-order valence-electron chi connectivity index (χ4n) is 1.47. The van der Waals surface area contributed by atoms with Crippen molar-refractivity contribution in [2.24, 2.45) is 0 Å². The SMILES string of the molecule is CNCc1ncc(-c2cccc(F)c2F)[nH]1. The van der Waals surface area contributed by atoms with Gasteiger partial charge in [0.2, 0.25) is 0 Å². The highest BCUT2D eigenvalue weighted by atomic mass is 19.2. The number of benzene rings is 1.